The fourth-order valence-electron chi connectivity index (χ4n) is 3.12. The Labute approximate surface area is 148 Å². The zero-order valence-corrected chi connectivity index (χ0v) is 14.4. The first-order valence-corrected chi connectivity index (χ1v) is 8.83. The summed E-state index contributed by atoms with van der Waals surface area (Å²) in [5.74, 6) is -0.655. The molecule has 0 amide bonds. The molecule has 0 radical (unpaired) electrons. The van der Waals surface area contributed by atoms with Crippen LogP contribution in [0.15, 0.2) is 66.7 Å². The second-order valence-electron chi connectivity index (χ2n) is 6.33. The van der Waals surface area contributed by atoms with Crippen LogP contribution < -0.4 is 0 Å². The highest BCUT2D eigenvalue weighted by molar-refractivity contribution is 5.83. The van der Waals surface area contributed by atoms with E-state index in [9.17, 15) is 8.78 Å². The van der Waals surface area contributed by atoms with Crippen molar-refractivity contribution in [2.75, 3.05) is 0 Å². The Morgan fingerprint density at radius 3 is 2.20 bits per heavy atom. The lowest BCUT2D eigenvalue weighted by Gasteiger charge is -2.12. The van der Waals surface area contributed by atoms with Crippen molar-refractivity contribution in [2.45, 2.75) is 32.6 Å². The standard InChI is InChI=1S/C23H22F2/c1-2-3-5-8-17-11-13-21(23(25)15-17)22-16-19(24)12-14-20(22)18-9-6-4-7-10-18/h4,6-7,9-16H,2-3,5,8H2,1H3. The molecule has 0 N–H and O–H groups in total. The SMILES string of the molecule is CCCCCc1ccc(-c2cc(F)ccc2-c2ccccc2)c(F)c1. The molecule has 0 nitrogen and oxygen atoms in total. The van der Waals surface area contributed by atoms with Crippen molar-refractivity contribution in [2.24, 2.45) is 0 Å². The molecule has 3 rings (SSSR count). The van der Waals surface area contributed by atoms with Gasteiger partial charge in [-0.15, -0.1) is 0 Å². The minimum atomic E-state index is -0.360. The van der Waals surface area contributed by atoms with Crippen LogP contribution in [0.25, 0.3) is 22.3 Å². The van der Waals surface area contributed by atoms with E-state index < -0.39 is 0 Å². The third-order valence-electron chi connectivity index (χ3n) is 4.46. The molecule has 3 aromatic carbocycles. The third kappa shape index (κ3) is 4.14. The van der Waals surface area contributed by atoms with Crippen molar-refractivity contribution in [3.8, 4) is 22.3 Å². The quantitative estimate of drug-likeness (QED) is 0.424. The molecule has 3 aromatic rings. The van der Waals surface area contributed by atoms with Crippen LogP contribution in [0, 0.1) is 11.6 Å². The van der Waals surface area contributed by atoms with Crippen LogP contribution in [0.5, 0.6) is 0 Å². The van der Waals surface area contributed by atoms with Crippen LogP contribution >= 0.6 is 0 Å². The van der Waals surface area contributed by atoms with Crippen molar-refractivity contribution < 1.29 is 8.78 Å². The summed E-state index contributed by atoms with van der Waals surface area (Å²) < 4.78 is 28.6. The van der Waals surface area contributed by atoms with Crippen LogP contribution in [-0.2, 0) is 6.42 Å². The molecule has 0 saturated heterocycles. The van der Waals surface area contributed by atoms with Crippen LogP contribution in [0.3, 0.4) is 0 Å². The van der Waals surface area contributed by atoms with E-state index in [1.807, 2.05) is 36.4 Å². The van der Waals surface area contributed by atoms with Gasteiger partial charge in [0.25, 0.3) is 0 Å². The molecule has 0 aliphatic carbocycles. The van der Waals surface area contributed by atoms with Crippen LogP contribution in [0.2, 0.25) is 0 Å². The highest BCUT2D eigenvalue weighted by Gasteiger charge is 2.13. The van der Waals surface area contributed by atoms with E-state index in [4.69, 9.17) is 0 Å². The molecule has 0 fully saturated rings. The highest BCUT2D eigenvalue weighted by Crippen LogP contribution is 2.34. The average molecular weight is 336 g/mol. The van der Waals surface area contributed by atoms with Gasteiger partial charge in [0.1, 0.15) is 11.6 Å². The third-order valence-corrected chi connectivity index (χ3v) is 4.46. The monoisotopic (exact) mass is 336 g/mol. The summed E-state index contributed by atoms with van der Waals surface area (Å²) in [4.78, 5) is 0. The summed E-state index contributed by atoms with van der Waals surface area (Å²) in [6.07, 6.45) is 4.22. The fourth-order valence-corrected chi connectivity index (χ4v) is 3.12. The summed E-state index contributed by atoms with van der Waals surface area (Å²) in [6, 6.07) is 19.6. The Kier molecular flexibility index (Phi) is 5.60. The van der Waals surface area contributed by atoms with Gasteiger partial charge in [0.05, 0.1) is 0 Å². The average Bonchev–Trinajstić information content (AvgIpc) is 2.63. The predicted octanol–water partition coefficient (Wildman–Crippen LogP) is 7.03. The number of rotatable bonds is 6. The number of hydrogen-bond donors (Lipinski definition) is 0. The number of halogens is 2. The lowest BCUT2D eigenvalue weighted by atomic mass is 9.93. The molecule has 2 heteroatoms. The molecule has 128 valence electrons. The first-order valence-electron chi connectivity index (χ1n) is 8.83. The van der Waals surface area contributed by atoms with Gasteiger partial charge in [0, 0.05) is 5.56 Å². The second-order valence-corrected chi connectivity index (χ2v) is 6.33. The molecule has 0 bridgehead atoms. The maximum atomic E-state index is 14.7. The number of hydrogen-bond acceptors (Lipinski definition) is 0. The van der Waals surface area contributed by atoms with Gasteiger partial charge in [0.15, 0.2) is 0 Å². The zero-order valence-electron chi connectivity index (χ0n) is 14.4. The van der Waals surface area contributed by atoms with E-state index in [-0.39, 0.29) is 11.6 Å². The van der Waals surface area contributed by atoms with Gasteiger partial charge < -0.3 is 0 Å². The maximum absolute atomic E-state index is 14.7. The number of benzene rings is 3. The zero-order chi connectivity index (χ0) is 17.6. The van der Waals surface area contributed by atoms with E-state index >= 15 is 0 Å². The van der Waals surface area contributed by atoms with Gasteiger partial charge in [-0.2, -0.15) is 0 Å². The summed E-state index contributed by atoms with van der Waals surface area (Å²) in [6.45, 7) is 2.15. The molecular weight excluding hydrogens is 314 g/mol. The molecule has 0 heterocycles. The van der Waals surface area contributed by atoms with Gasteiger partial charge in [-0.05, 0) is 53.3 Å². The first-order chi connectivity index (χ1) is 12.2. The minimum Gasteiger partial charge on any atom is -0.207 e. The van der Waals surface area contributed by atoms with Crippen molar-refractivity contribution in [3.05, 3.63) is 83.9 Å². The van der Waals surface area contributed by atoms with Crippen molar-refractivity contribution in [3.63, 3.8) is 0 Å². The number of unbranched alkanes of at least 4 members (excludes halogenated alkanes) is 2. The smallest absolute Gasteiger partial charge is 0.131 e. The van der Waals surface area contributed by atoms with Crippen LogP contribution in [0.1, 0.15) is 31.7 Å². The van der Waals surface area contributed by atoms with Crippen molar-refractivity contribution in [1.82, 2.24) is 0 Å². The Morgan fingerprint density at radius 2 is 1.48 bits per heavy atom. The topological polar surface area (TPSA) is 0 Å². The van der Waals surface area contributed by atoms with Crippen LogP contribution in [-0.4, -0.2) is 0 Å². The van der Waals surface area contributed by atoms with Gasteiger partial charge in [-0.25, -0.2) is 8.78 Å². The van der Waals surface area contributed by atoms with Gasteiger partial charge in [-0.1, -0.05) is 68.3 Å². The Morgan fingerprint density at radius 1 is 0.720 bits per heavy atom. The Hall–Kier alpha value is -2.48. The molecule has 0 unspecified atom stereocenters. The second kappa shape index (κ2) is 8.06. The lowest BCUT2D eigenvalue weighted by Crippen LogP contribution is -1.93. The number of aryl methyl sites for hydroxylation is 1. The highest BCUT2D eigenvalue weighted by atomic mass is 19.1. The first kappa shape index (κ1) is 17.3. The molecule has 0 atom stereocenters. The molecule has 0 spiro atoms. The molecule has 0 aliphatic heterocycles. The summed E-state index contributed by atoms with van der Waals surface area (Å²) in [7, 11) is 0. The van der Waals surface area contributed by atoms with E-state index in [0.29, 0.717) is 11.1 Å². The summed E-state index contributed by atoms with van der Waals surface area (Å²) in [5, 5.41) is 0. The Balaban J connectivity index is 2.00. The lowest BCUT2D eigenvalue weighted by molar-refractivity contribution is 0.622. The van der Waals surface area contributed by atoms with Crippen molar-refractivity contribution in [1.29, 1.82) is 0 Å². The van der Waals surface area contributed by atoms with Crippen LogP contribution in [0.4, 0.5) is 8.78 Å². The molecule has 0 aromatic heterocycles. The normalized spacial score (nSPS) is 10.8. The van der Waals surface area contributed by atoms with E-state index in [1.54, 1.807) is 18.2 Å². The predicted molar refractivity (Wildman–Crippen MR) is 100 cm³/mol. The molecule has 0 aliphatic rings. The van der Waals surface area contributed by atoms with E-state index in [1.165, 1.54) is 12.1 Å². The Bertz CT molecular complexity index is 838. The molecule has 25 heavy (non-hydrogen) atoms. The molecular formula is C23H22F2. The summed E-state index contributed by atoms with van der Waals surface area (Å²) in [5.41, 5.74) is 3.80. The molecule has 0 saturated carbocycles. The van der Waals surface area contributed by atoms with E-state index in [2.05, 4.69) is 6.92 Å². The maximum Gasteiger partial charge on any atom is 0.131 e. The van der Waals surface area contributed by atoms with Gasteiger partial charge in [0.2, 0.25) is 0 Å². The van der Waals surface area contributed by atoms with Gasteiger partial charge in [-0.3, -0.25) is 0 Å². The minimum absolute atomic E-state index is 0.295. The fraction of sp³-hybridized carbons (Fsp3) is 0.217. The van der Waals surface area contributed by atoms with Gasteiger partial charge >= 0.3 is 0 Å². The largest absolute Gasteiger partial charge is 0.207 e. The van der Waals surface area contributed by atoms with E-state index in [0.717, 1.165) is 42.4 Å². The van der Waals surface area contributed by atoms with Crippen molar-refractivity contribution >= 4 is 0 Å². The summed E-state index contributed by atoms with van der Waals surface area (Å²) >= 11 is 0.